The van der Waals surface area contributed by atoms with Gasteiger partial charge in [-0.05, 0) is 30.3 Å². The van der Waals surface area contributed by atoms with Crippen molar-refractivity contribution in [1.29, 1.82) is 0 Å². The van der Waals surface area contributed by atoms with Crippen molar-refractivity contribution >= 4 is 16.9 Å². The minimum atomic E-state index is -4.65. The number of rotatable bonds is 4. The summed E-state index contributed by atoms with van der Waals surface area (Å²) in [6, 6.07) is 8.72. The van der Waals surface area contributed by atoms with Crippen LogP contribution in [0.4, 0.5) is 22.0 Å². The van der Waals surface area contributed by atoms with Crippen molar-refractivity contribution < 1.29 is 26.7 Å². The predicted octanol–water partition coefficient (Wildman–Crippen LogP) is 3.76. The van der Waals surface area contributed by atoms with Gasteiger partial charge in [-0.3, -0.25) is 4.79 Å². The third-order valence-corrected chi connectivity index (χ3v) is 3.71. The first-order valence-electron chi connectivity index (χ1n) is 7.53. The van der Waals surface area contributed by atoms with E-state index in [1.807, 2.05) is 0 Å². The number of carbonyl (C=O) groups is 1. The molecule has 0 unspecified atom stereocenters. The number of imidazole rings is 1. The number of fused-ring (bicyclic) bond motifs is 1. The van der Waals surface area contributed by atoms with Crippen LogP contribution in [0.2, 0.25) is 0 Å². The number of alkyl halides is 3. The van der Waals surface area contributed by atoms with Crippen molar-refractivity contribution in [1.82, 2.24) is 14.9 Å². The molecule has 1 heterocycles. The van der Waals surface area contributed by atoms with E-state index in [4.69, 9.17) is 0 Å². The highest BCUT2D eigenvalue weighted by molar-refractivity contribution is 5.94. The van der Waals surface area contributed by atoms with Crippen molar-refractivity contribution in [3.8, 4) is 0 Å². The molecule has 3 rings (SSSR count). The van der Waals surface area contributed by atoms with Crippen LogP contribution in [-0.4, -0.2) is 22.0 Å². The van der Waals surface area contributed by atoms with Gasteiger partial charge < -0.3 is 9.88 Å². The van der Waals surface area contributed by atoms with Gasteiger partial charge in [-0.2, -0.15) is 13.2 Å². The van der Waals surface area contributed by atoms with Crippen LogP contribution in [0, 0.1) is 11.6 Å². The molecule has 136 valence electrons. The summed E-state index contributed by atoms with van der Waals surface area (Å²) >= 11 is 0. The molecule has 26 heavy (non-hydrogen) atoms. The summed E-state index contributed by atoms with van der Waals surface area (Å²) in [5.41, 5.74) is 0.337. The molecule has 1 N–H and O–H groups in total. The summed E-state index contributed by atoms with van der Waals surface area (Å²) in [6.45, 7) is -0.341. The lowest BCUT2D eigenvalue weighted by Crippen LogP contribution is -2.28. The highest BCUT2D eigenvalue weighted by Crippen LogP contribution is 2.31. The lowest BCUT2D eigenvalue weighted by Gasteiger charge is -2.12. The molecule has 0 aliphatic rings. The fourth-order valence-corrected chi connectivity index (χ4v) is 2.54. The van der Waals surface area contributed by atoms with E-state index in [0.29, 0.717) is 0 Å². The van der Waals surface area contributed by atoms with Crippen LogP contribution in [0.5, 0.6) is 0 Å². The van der Waals surface area contributed by atoms with Crippen LogP contribution in [0.15, 0.2) is 42.5 Å². The van der Waals surface area contributed by atoms with Crippen LogP contribution in [0.25, 0.3) is 11.0 Å². The summed E-state index contributed by atoms with van der Waals surface area (Å²) in [4.78, 5) is 15.5. The predicted molar refractivity (Wildman–Crippen MR) is 83.4 cm³/mol. The molecule has 0 bridgehead atoms. The molecule has 1 amide bonds. The Bertz CT molecular complexity index is 965. The number of aromatic nitrogens is 2. The van der Waals surface area contributed by atoms with Gasteiger partial charge in [0.1, 0.15) is 0 Å². The molecule has 0 spiro atoms. The number of carbonyl (C=O) groups excluding carboxylic acids is 1. The second-order valence-corrected chi connectivity index (χ2v) is 5.46. The Hall–Kier alpha value is -2.97. The van der Waals surface area contributed by atoms with Crippen molar-refractivity contribution in [2.24, 2.45) is 0 Å². The second-order valence-electron chi connectivity index (χ2n) is 5.46. The van der Waals surface area contributed by atoms with Crippen LogP contribution >= 0.6 is 0 Å². The minimum Gasteiger partial charge on any atom is -0.350 e. The summed E-state index contributed by atoms with van der Waals surface area (Å²) in [5.74, 6) is -4.07. The third kappa shape index (κ3) is 3.51. The number of nitrogens with zero attached hydrogens (tertiary/aromatic N) is 2. The molecule has 0 saturated carbocycles. The van der Waals surface area contributed by atoms with Crippen molar-refractivity contribution in [3.63, 3.8) is 0 Å². The van der Waals surface area contributed by atoms with E-state index in [2.05, 4.69) is 10.3 Å². The van der Waals surface area contributed by atoms with Crippen molar-refractivity contribution in [3.05, 3.63) is 65.5 Å². The maximum Gasteiger partial charge on any atom is 0.449 e. The molecule has 0 radical (unpaired) electrons. The van der Waals surface area contributed by atoms with Crippen molar-refractivity contribution in [2.75, 3.05) is 6.54 Å². The van der Waals surface area contributed by atoms with E-state index in [1.165, 1.54) is 12.1 Å². The Morgan fingerprint density at radius 3 is 2.50 bits per heavy atom. The maximum absolute atomic E-state index is 13.2. The molecule has 0 saturated heterocycles. The Kier molecular flexibility index (Phi) is 4.62. The van der Waals surface area contributed by atoms with E-state index in [9.17, 15) is 26.7 Å². The first kappa shape index (κ1) is 17.8. The first-order chi connectivity index (χ1) is 12.3. The zero-order valence-electron chi connectivity index (χ0n) is 13.1. The summed E-state index contributed by atoms with van der Waals surface area (Å²) in [5, 5.41) is 2.38. The molecule has 3 aromatic rings. The number of benzene rings is 2. The Balaban J connectivity index is 1.77. The summed E-state index contributed by atoms with van der Waals surface area (Å²) in [7, 11) is 0. The SMILES string of the molecule is O=C(NCCn1c(C(F)(F)F)nc2ccccc21)c1ccc(F)c(F)c1. The zero-order valence-corrected chi connectivity index (χ0v) is 13.1. The molecule has 0 fully saturated rings. The largest absolute Gasteiger partial charge is 0.449 e. The average molecular weight is 369 g/mol. The topological polar surface area (TPSA) is 46.9 Å². The number of amides is 1. The lowest BCUT2D eigenvalue weighted by atomic mass is 10.2. The highest BCUT2D eigenvalue weighted by atomic mass is 19.4. The Morgan fingerprint density at radius 1 is 1.08 bits per heavy atom. The Labute approximate surface area is 144 Å². The second kappa shape index (κ2) is 6.74. The molecule has 0 aliphatic heterocycles. The summed E-state index contributed by atoms with van der Waals surface area (Å²) in [6.07, 6.45) is -4.65. The quantitative estimate of drug-likeness (QED) is 0.712. The van der Waals surface area contributed by atoms with Gasteiger partial charge >= 0.3 is 6.18 Å². The number of hydrogen-bond donors (Lipinski definition) is 1. The van der Waals surface area contributed by atoms with Gasteiger partial charge in [0.05, 0.1) is 11.0 Å². The van der Waals surface area contributed by atoms with E-state index in [1.54, 1.807) is 12.1 Å². The van der Waals surface area contributed by atoms with Gasteiger partial charge in [-0.25, -0.2) is 13.8 Å². The normalized spacial score (nSPS) is 11.7. The van der Waals surface area contributed by atoms with Gasteiger partial charge in [-0.15, -0.1) is 0 Å². The number of para-hydroxylation sites is 2. The van der Waals surface area contributed by atoms with E-state index in [0.717, 1.165) is 22.8 Å². The summed E-state index contributed by atoms with van der Waals surface area (Å²) < 4.78 is 66.5. The fraction of sp³-hybridized carbons (Fsp3) is 0.176. The number of nitrogens with one attached hydrogen (secondary N) is 1. The number of halogens is 5. The van der Waals surface area contributed by atoms with Gasteiger partial charge in [0.15, 0.2) is 11.6 Å². The third-order valence-electron chi connectivity index (χ3n) is 3.71. The van der Waals surface area contributed by atoms with Gasteiger partial charge in [-0.1, -0.05) is 12.1 Å². The fourth-order valence-electron chi connectivity index (χ4n) is 2.54. The van der Waals surface area contributed by atoms with Crippen LogP contribution in [-0.2, 0) is 12.7 Å². The first-order valence-corrected chi connectivity index (χ1v) is 7.53. The average Bonchev–Trinajstić information content (AvgIpc) is 2.96. The maximum atomic E-state index is 13.2. The minimum absolute atomic E-state index is 0.129. The van der Waals surface area contributed by atoms with Gasteiger partial charge in [0.2, 0.25) is 5.82 Å². The highest BCUT2D eigenvalue weighted by Gasteiger charge is 2.37. The van der Waals surface area contributed by atoms with Crippen LogP contribution < -0.4 is 5.32 Å². The monoisotopic (exact) mass is 369 g/mol. The van der Waals surface area contributed by atoms with Crippen LogP contribution in [0.1, 0.15) is 16.2 Å². The molecule has 2 aromatic carbocycles. The van der Waals surface area contributed by atoms with Crippen molar-refractivity contribution in [2.45, 2.75) is 12.7 Å². The molecule has 4 nitrogen and oxygen atoms in total. The van der Waals surface area contributed by atoms with Crippen LogP contribution in [0.3, 0.4) is 0 Å². The smallest absolute Gasteiger partial charge is 0.350 e. The molecule has 9 heteroatoms. The standard InChI is InChI=1S/C17H12F5N3O/c18-11-6-5-10(9-12(11)19)15(26)23-7-8-25-14-4-2-1-3-13(14)24-16(25)17(20,21)22/h1-6,9H,7-8H2,(H,23,26). The molecule has 0 aliphatic carbocycles. The molecular weight excluding hydrogens is 357 g/mol. The molecule has 0 atom stereocenters. The molecule has 1 aromatic heterocycles. The van der Waals surface area contributed by atoms with Gasteiger partial charge in [0.25, 0.3) is 5.91 Å². The number of hydrogen-bond acceptors (Lipinski definition) is 2. The Morgan fingerprint density at radius 2 is 1.81 bits per heavy atom. The zero-order chi connectivity index (χ0) is 18.9. The molecular formula is C17H12F5N3O. The van der Waals surface area contributed by atoms with E-state index >= 15 is 0 Å². The van der Waals surface area contributed by atoms with E-state index in [-0.39, 0.29) is 29.7 Å². The van der Waals surface area contributed by atoms with E-state index < -0.39 is 29.5 Å². The lowest BCUT2D eigenvalue weighted by molar-refractivity contribution is -0.146. The van der Waals surface area contributed by atoms with Gasteiger partial charge in [0, 0.05) is 18.7 Å².